The molecule has 1 aromatic rings. The fourth-order valence-corrected chi connectivity index (χ4v) is 4.08. The molecule has 0 N–H and O–H groups in total. The summed E-state index contributed by atoms with van der Waals surface area (Å²) in [4.78, 5) is 12.0. The van der Waals surface area contributed by atoms with Crippen LogP contribution < -0.4 is 0 Å². The van der Waals surface area contributed by atoms with Crippen molar-refractivity contribution in [3.63, 3.8) is 0 Å². The van der Waals surface area contributed by atoms with Gasteiger partial charge in [0.15, 0.2) is 0 Å². The minimum absolute atomic E-state index is 0.0936. The Morgan fingerprint density at radius 1 is 1.26 bits per heavy atom. The molecule has 0 spiro atoms. The number of carbonyl (C=O) groups excluding carboxylic acids is 1. The lowest BCUT2D eigenvalue weighted by Gasteiger charge is -2.34. The SMILES string of the molecule is COC(=O)/C(=C/c1ccc(C)cc1)CP1(=O)OCC(C)(C)CO1. The third-order valence-corrected chi connectivity index (χ3v) is 5.31. The topological polar surface area (TPSA) is 61.8 Å². The standard InChI is InChI=1S/C17H23O5P/c1-13-5-7-14(8-6-13)9-15(16(18)20-4)10-23(19)21-11-17(2,3)12-22-23/h5-9H,10-12H2,1-4H3/b15-9+. The normalized spacial score (nSPS) is 20.1. The van der Waals surface area contributed by atoms with Gasteiger partial charge in [0.05, 0.1) is 26.5 Å². The molecule has 1 aromatic carbocycles. The van der Waals surface area contributed by atoms with Crippen molar-refractivity contribution in [1.82, 2.24) is 0 Å². The Balaban J connectivity index is 2.21. The Kier molecular flexibility index (Phi) is 5.45. The van der Waals surface area contributed by atoms with Gasteiger partial charge in [-0.1, -0.05) is 43.7 Å². The van der Waals surface area contributed by atoms with E-state index in [1.54, 1.807) is 6.08 Å². The van der Waals surface area contributed by atoms with Crippen LogP contribution >= 0.6 is 7.60 Å². The van der Waals surface area contributed by atoms with Gasteiger partial charge in [-0.15, -0.1) is 0 Å². The van der Waals surface area contributed by atoms with E-state index < -0.39 is 13.6 Å². The molecule has 0 unspecified atom stereocenters. The van der Waals surface area contributed by atoms with Crippen molar-refractivity contribution >= 4 is 19.6 Å². The van der Waals surface area contributed by atoms with Crippen LogP contribution in [0.2, 0.25) is 0 Å². The summed E-state index contributed by atoms with van der Waals surface area (Å²) in [5.41, 5.74) is 2.05. The number of benzene rings is 1. The highest BCUT2D eigenvalue weighted by Crippen LogP contribution is 2.54. The molecule has 23 heavy (non-hydrogen) atoms. The van der Waals surface area contributed by atoms with Crippen LogP contribution in [0.1, 0.15) is 25.0 Å². The smallest absolute Gasteiger partial charge is 0.335 e. The van der Waals surface area contributed by atoms with Crippen LogP contribution in [-0.4, -0.2) is 32.5 Å². The predicted molar refractivity (Wildman–Crippen MR) is 89.3 cm³/mol. The molecule has 5 nitrogen and oxygen atoms in total. The van der Waals surface area contributed by atoms with E-state index in [1.165, 1.54) is 7.11 Å². The number of hydrogen-bond acceptors (Lipinski definition) is 5. The van der Waals surface area contributed by atoms with Crippen molar-refractivity contribution in [2.45, 2.75) is 20.8 Å². The minimum Gasteiger partial charge on any atom is -0.466 e. The van der Waals surface area contributed by atoms with E-state index in [0.717, 1.165) is 11.1 Å². The first-order chi connectivity index (χ1) is 10.7. The Hall–Kier alpha value is -1.42. The van der Waals surface area contributed by atoms with E-state index in [9.17, 15) is 9.36 Å². The number of aryl methyl sites for hydroxylation is 1. The fraction of sp³-hybridized carbons (Fsp3) is 0.471. The molecule has 0 saturated carbocycles. The average Bonchev–Trinajstić information content (AvgIpc) is 2.51. The fourth-order valence-electron chi connectivity index (χ4n) is 2.09. The molecule has 0 aliphatic carbocycles. The van der Waals surface area contributed by atoms with Gasteiger partial charge in [0, 0.05) is 11.0 Å². The van der Waals surface area contributed by atoms with Gasteiger partial charge >= 0.3 is 13.6 Å². The van der Waals surface area contributed by atoms with E-state index in [4.69, 9.17) is 13.8 Å². The van der Waals surface area contributed by atoms with Crippen molar-refractivity contribution in [3.8, 4) is 0 Å². The second-order valence-corrected chi connectivity index (χ2v) is 8.61. The number of ether oxygens (including phenoxy) is 1. The zero-order valence-corrected chi connectivity index (χ0v) is 14.9. The maximum atomic E-state index is 12.7. The highest BCUT2D eigenvalue weighted by Gasteiger charge is 2.38. The van der Waals surface area contributed by atoms with E-state index in [0.29, 0.717) is 13.2 Å². The van der Waals surface area contributed by atoms with E-state index in [-0.39, 0.29) is 17.2 Å². The van der Waals surface area contributed by atoms with E-state index >= 15 is 0 Å². The predicted octanol–water partition coefficient (Wildman–Crippen LogP) is 3.82. The molecule has 0 amide bonds. The molecular formula is C17H23O5P. The average molecular weight is 338 g/mol. The molecule has 6 heteroatoms. The summed E-state index contributed by atoms with van der Waals surface area (Å²) < 4.78 is 28.4. The Bertz CT molecular complexity index is 631. The molecule has 0 atom stereocenters. The van der Waals surface area contributed by atoms with Crippen molar-refractivity contribution in [1.29, 1.82) is 0 Å². The summed E-state index contributed by atoms with van der Waals surface area (Å²) in [6.45, 7) is 6.60. The number of hydrogen-bond donors (Lipinski definition) is 0. The lowest BCUT2D eigenvalue weighted by molar-refractivity contribution is -0.135. The van der Waals surface area contributed by atoms with E-state index in [1.807, 2.05) is 45.0 Å². The van der Waals surface area contributed by atoms with Crippen LogP contribution in [0.3, 0.4) is 0 Å². The summed E-state index contributed by atoms with van der Waals surface area (Å²) in [6, 6.07) is 7.66. The molecule has 2 rings (SSSR count). The van der Waals surface area contributed by atoms with Crippen LogP contribution in [0.4, 0.5) is 0 Å². The summed E-state index contributed by atoms with van der Waals surface area (Å²) >= 11 is 0. The zero-order valence-electron chi connectivity index (χ0n) is 14.0. The monoisotopic (exact) mass is 338 g/mol. The Morgan fingerprint density at radius 2 is 1.83 bits per heavy atom. The van der Waals surface area contributed by atoms with Crippen LogP contribution in [0.25, 0.3) is 6.08 Å². The van der Waals surface area contributed by atoms with Gasteiger partial charge in [-0.2, -0.15) is 0 Å². The highest BCUT2D eigenvalue weighted by molar-refractivity contribution is 7.54. The van der Waals surface area contributed by atoms with Crippen LogP contribution in [0.15, 0.2) is 29.8 Å². The van der Waals surface area contributed by atoms with Crippen molar-refractivity contribution in [2.24, 2.45) is 5.41 Å². The van der Waals surface area contributed by atoms with Crippen molar-refractivity contribution in [2.75, 3.05) is 26.5 Å². The number of esters is 1. The second kappa shape index (κ2) is 7.00. The van der Waals surface area contributed by atoms with Crippen LogP contribution in [-0.2, 0) is 23.1 Å². The van der Waals surface area contributed by atoms with Gasteiger partial charge in [-0.3, -0.25) is 4.57 Å². The van der Waals surface area contributed by atoms with E-state index in [2.05, 4.69) is 0 Å². The summed E-state index contributed by atoms with van der Waals surface area (Å²) in [5, 5.41) is 0. The molecule has 1 fully saturated rings. The van der Waals surface area contributed by atoms with Gasteiger partial charge in [0.2, 0.25) is 0 Å². The first-order valence-electron chi connectivity index (χ1n) is 7.47. The highest BCUT2D eigenvalue weighted by atomic mass is 31.2. The molecule has 0 radical (unpaired) electrons. The Morgan fingerprint density at radius 3 is 2.35 bits per heavy atom. The minimum atomic E-state index is -3.33. The summed E-state index contributed by atoms with van der Waals surface area (Å²) in [5.74, 6) is -0.530. The maximum absolute atomic E-state index is 12.7. The molecule has 1 heterocycles. The van der Waals surface area contributed by atoms with Crippen molar-refractivity contribution < 1.29 is 23.1 Å². The van der Waals surface area contributed by atoms with Crippen molar-refractivity contribution in [3.05, 3.63) is 41.0 Å². The zero-order chi connectivity index (χ0) is 17.1. The van der Waals surface area contributed by atoms with Gasteiger partial charge in [-0.25, -0.2) is 4.79 Å². The quantitative estimate of drug-likeness (QED) is 0.474. The summed E-state index contributed by atoms with van der Waals surface area (Å²) in [7, 11) is -2.03. The van der Waals surface area contributed by atoms with Gasteiger partial charge in [0.1, 0.15) is 0 Å². The first kappa shape index (κ1) is 17.9. The molecule has 0 bridgehead atoms. The molecular weight excluding hydrogens is 315 g/mol. The van der Waals surface area contributed by atoms with Gasteiger partial charge in [0.25, 0.3) is 0 Å². The second-order valence-electron chi connectivity index (χ2n) is 6.55. The number of carbonyl (C=O) groups is 1. The summed E-state index contributed by atoms with van der Waals surface area (Å²) in [6.07, 6.45) is 1.57. The third kappa shape index (κ3) is 5.03. The van der Waals surface area contributed by atoms with Crippen LogP contribution in [0.5, 0.6) is 0 Å². The molecule has 1 aliphatic rings. The first-order valence-corrected chi connectivity index (χ1v) is 9.20. The lowest BCUT2D eigenvalue weighted by Crippen LogP contribution is -2.30. The Labute approximate surface area is 137 Å². The van der Waals surface area contributed by atoms with Gasteiger partial charge < -0.3 is 13.8 Å². The number of rotatable bonds is 4. The molecule has 0 aromatic heterocycles. The lowest BCUT2D eigenvalue weighted by atomic mass is 9.97. The van der Waals surface area contributed by atoms with Gasteiger partial charge in [-0.05, 0) is 18.6 Å². The third-order valence-electron chi connectivity index (χ3n) is 3.53. The maximum Gasteiger partial charge on any atom is 0.335 e. The molecule has 1 aliphatic heterocycles. The molecule has 1 saturated heterocycles. The largest absolute Gasteiger partial charge is 0.466 e. The number of methoxy groups -OCH3 is 1. The van der Waals surface area contributed by atoms with Crippen LogP contribution in [0, 0.1) is 12.3 Å². The molecule has 126 valence electrons.